The monoisotopic (exact) mass is 285 g/mol. The lowest BCUT2D eigenvalue weighted by atomic mass is 9.99. The van der Waals surface area contributed by atoms with Gasteiger partial charge in [0.15, 0.2) is 5.75 Å². The van der Waals surface area contributed by atoms with Crippen LogP contribution in [-0.4, -0.2) is 60.8 Å². The van der Waals surface area contributed by atoms with E-state index < -0.39 is 6.10 Å². The number of methoxy groups -OCH3 is 2. The molecule has 0 aromatic carbocycles. The van der Waals surface area contributed by atoms with Gasteiger partial charge in [0.2, 0.25) is 0 Å². The number of aromatic nitrogens is 2. The third-order valence-corrected chi connectivity index (χ3v) is 3.34. The second-order valence-electron chi connectivity index (χ2n) is 5.51. The van der Waals surface area contributed by atoms with Crippen LogP contribution in [0.3, 0.4) is 0 Å². The molecule has 0 spiro atoms. The molecule has 0 amide bonds. The number of hydrogen-bond donors (Lipinski definition) is 1. The maximum absolute atomic E-state index is 10.6. The summed E-state index contributed by atoms with van der Waals surface area (Å²) in [7, 11) is 7.20. The van der Waals surface area contributed by atoms with Crippen LogP contribution >= 0.6 is 0 Å². The summed E-state index contributed by atoms with van der Waals surface area (Å²) in [6.45, 7) is 5.57. The summed E-state index contributed by atoms with van der Waals surface area (Å²) in [4.78, 5) is 2.07. The van der Waals surface area contributed by atoms with Gasteiger partial charge in [0.05, 0.1) is 26.0 Å². The predicted molar refractivity (Wildman–Crippen MR) is 77.9 cm³/mol. The van der Waals surface area contributed by atoms with Gasteiger partial charge >= 0.3 is 0 Å². The maximum Gasteiger partial charge on any atom is 0.162 e. The van der Waals surface area contributed by atoms with Crippen molar-refractivity contribution in [2.45, 2.75) is 32.6 Å². The summed E-state index contributed by atoms with van der Waals surface area (Å²) < 4.78 is 12.5. The molecule has 0 fully saturated rings. The van der Waals surface area contributed by atoms with Crippen molar-refractivity contribution in [2.75, 3.05) is 34.9 Å². The van der Waals surface area contributed by atoms with E-state index in [0.717, 1.165) is 6.54 Å². The molecule has 0 bridgehead atoms. The quantitative estimate of drug-likeness (QED) is 0.776. The minimum absolute atomic E-state index is 0.192. The average molecular weight is 285 g/mol. The van der Waals surface area contributed by atoms with Crippen molar-refractivity contribution in [2.24, 2.45) is 5.92 Å². The van der Waals surface area contributed by atoms with Gasteiger partial charge in [0.25, 0.3) is 0 Å². The number of ether oxygens (including phenoxy) is 2. The normalized spacial score (nSPS) is 14.8. The highest BCUT2D eigenvalue weighted by Gasteiger charge is 2.30. The molecule has 0 saturated heterocycles. The van der Waals surface area contributed by atoms with Gasteiger partial charge in [-0.25, -0.2) is 0 Å². The summed E-state index contributed by atoms with van der Waals surface area (Å²) >= 11 is 0. The van der Waals surface area contributed by atoms with Crippen molar-refractivity contribution in [1.29, 1.82) is 0 Å². The lowest BCUT2D eigenvalue weighted by molar-refractivity contribution is -0.0437. The first-order chi connectivity index (χ1) is 9.42. The standard InChI is InChI=1S/C14H27N3O3/c1-10(2)14(20-6)13(18)12-11(19-5)9-15-17(12)8-7-16(3)4/h9-10,13-14,18H,7-8H2,1-6H3. The molecule has 1 aromatic heterocycles. The third kappa shape index (κ3) is 3.94. The van der Waals surface area contributed by atoms with Crippen LogP contribution in [0.15, 0.2) is 6.20 Å². The molecule has 6 nitrogen and oxygen atoms in total. The van der Waals surface area contributed by atoms with Gasteiger partial charge in [0.1, 0.15) is 11.8 Å². The first-order valence-corrected chi connectivity index (χ1v) is 6.87. The largest absolute Gasteiger partial charge is 0.493 e. The lowest BCUT2D eigenvalue weighted by Crippen LogP contribution is -2.29. The minimum Gasteiger partial charge on any atom is -0.493 e. The minimum atomic E-state index is -0.764. The van der Waals surface area contributed by atoms with Crippen LogP contribution in [0.4, 0.5) is 0 Å². The van der Waals surface area contributed by atoms with E-state index in [9.17, 15) is 5.11 Å². The third-order valence-electron chi connectivity index (χ3n) is 3.34. The summed E-state index contributed by atoms with van der Waals surface area (Å²) in [5.41, 5.74) is 0.676. The molecule has 2 atom stereocenters. The Balaban J connectivity index is 3.03. The molecule has 0 aliphatic carbocycles. The highest BCUT2D eigenvalue weighted by Crippen LogP contribution is 2.31. The topological polar surface area (TPSA) is 59.8 Å². The van der Waals surface area contributed by atoms with Crippen LogP contribution in [0.1, 0.15) is 25.6 Å². The molecule has 0 aliphatic rings. The van der Waals surface area contributed by atoms with E-state index in [-0.39, 0.29) is 12.0 Å². The number of aliphatic hydroxyl groups excluding tert-OH is 1. The van der Waals surface area contributed by atoms with Gasteiger partial charge in [0, 0.05) is 13.7 Å². The van der Waals surface area contributed by atoms with Gasteiger partial charge < -0.3 is 19.5 Å². The molecule has 0 radical (unpaired) electrons. The Morgan fingerprint density at radius 2 is 2.00 bits per heavy atom. The number of aliphatic hydroxyl groups is 1. The Labute approximate surface area is 121 Å². The van der Waals surface area contributed by atoms with E-state index in [4.69, 9.17) is 9.47 Å². The van der Waals surface area contributed by atoms with E-state index in [1.165, 1.54) is 0 Å². The van der Waals surface area contributed by atoms with Crippen molar-refractivity contribution < 1.29 is 14.6 Å². The summed E-state index contributed by atoms with van der Waals surface area (Å²) in [5, 5.41) is 14.9. The van der Waals surface area contributed by atoms with Crippen LogP contribution < -0.4 is 4.74 Å². The molecular weight excluding hydrogens is 258 g/mol. The summed E-state index contributed by atoms with van der Waals surface area (Å²) in [6.07, 6.45) is 0.583. The lowest BCUT2D eigenvalue weighted by Gasteiger charge is -2.26. The SMILES string of the molecule is COc1cnn(CCN(C)C)c1C(O)C(OC)C(C)C. The fourth-order valence-electron chi connectivity index (χ4n) is 2.23. The van der Waals surface area contributed by atoms with Gasteiger partial charge in [-0.05, 0) is 20.0 Å². The van der Waals surface area contributed by atoms with Crippen molar-refractivity contribution in [3.8, 4) is 5.75 Å². The van der Waals surface area contributed by atoms with Crippen LogP contribution in [-0.2, 0) is 11.3 Å². The molecule has 1 rings (SSSR count). The van der Waals surface area contributed by atoms with Crippen LogP contribution in [0, 0.1) is 5.92 Å². The fourth-order valence-corrected chi connectivity index (χ4v) is 2.23. The van der Waals surface area contributed by atoms with Gasteiger partial charge in [-0.1, -0.05) is 13.8 Å². The van der Waals surface area contributed by atoms with E-state index >= 15 is 0 Å². The molecule has 1 N–H and O–H groups in total. The Bertz CT molecular complexity index is 404. The summed E-state index contributed by atoms with van der Waals surface area (Å²) in [6, 6.07) is 0. The second kappa shape index (κ2) is 7.61. The van der Waals surface area contributed by atoms with Gasteiger partial charge in [-0.2, -0.15) is 5.10 Å². The molecule has 0 aliphatic heterocycles. The van der Waals surface area contributed by atoms with Crippen molar-refractivity contribution in [3.63, 3.8) is 0 Å². The number of hydrogen-bond acceptors (Lipinski definition) is 5. The van der Waals surface area contributed by atoms with Crippen LogP contribution in [0.5, 0.6) is 5.75 Å². The Hall–Kier alpha value is -1.11. The van der Waals surface area contributed by atoms with Crippen molar-refractivity contribution >= 4 is 0 Å². The van der Waals surface area contributed by atoms with E-state index in [0.29, 0.717) is 18.0 Å². The molecule has 0 saturated carbocycles. The Morgan fingerprint density at radius 3 is 2.45 bits per heavy atom. The Morgan fingerprint density at radius 1 is 1.35 bits per heavy atom. The number of rotatable bonds is 8. The smallest absolute Gasteiger partial charge is 0.162 e. The molecule has 1 heterocycles. The zero-order valence-corrected chi connectivity index (χ0v) is 13.3. The van der Waals surface area contributed by atoms with Crippen molar-refractivity contribution in [3.05, 3.63) is 11.9 Å². The molecular formula is C14H27N3O3. The zero-order chi connectivity index (χ0) is 15.3. The zero-order valence-electron chi connectivity index (χ0n) is 13.3. The van der Waals surface area contributed by atoms with E-state index in [1.807, 2.05) is 27.9 Å². The maximum atomic E-state index is 10.6. The van der Waals surface area contributed by atoms with E-state index in [1.54, 1.807) is 25.1 Å². The molecule has 1 aromatic rings. The molecule has 116 valence electrons. The van der Waals surface area contributed by atoms with E-state index in [2.05, 4.69) is 10.00 Å². The first-order valence-electron chi connectivity index (χ1n) is 6.87. The van der Waals surface area contributed by atoms with Crippen LogP contribution in [0.2, 0.25) is 0 Å². The number of likely N-dealkylation sites (N-methyl/N-ethyl adjacent to an activating group) is 1. The van der Waals surface area contributed by atoms with Crippen LogP contribution in [0.25, 0.3) is 0 Å². The second-order valence-corrected chi connectivity index (χ2v) is 5.51. The molecule has 6 heteroatoms. The predicted octanol–water partition coefficient (Wildman–Crippen LogP) is 1.16. The average Bonchev–Trinajstić information content (AvgIpc) is 2.79. The summed E-state index contributed by atoms with van der Waals surface area (Å²) in [5.74, 6) is 0.788. The Kier molecular flexibility index (Phi) is 6.45. The fraction of sp³-hybridized carbons (Fsp3) is 0.786. The van der Waals surface area contributed by atoms with Crippen molar-refractivity contribution in [1.82, 2.24) is 14.7 Å². The highest BCUT2D eigenvalue weighted by atomic mass is 16.5. The molecule has 2 unspecified atom stereocenters. The van der Waals surface area contributed by atoms with Gasteiger partial charge in [-0.3, -0.25) is 4.68 Å². The van der Waals surface area contributed by atoms with Gasteiger partial charge in [-0.15, -0.1) is 0 Å². The molecule has 20 heavy (non-hydrogen) atoms. The highest BCUT2D eigenvalue weighted by molar-refractivity contribution is 5.28. The first kappa shape index (κ1) is 16.9. The number of nitrogens with zero attached hydrogens (tertiary/aromatic N) is 3.